The highest BCUT2D eigenvalue weighted by Crippen LogP contribution is 2.23. The molecule has 4 aromatic rings. The maximum Gasteiger partial charge on any atom is 0.254 e. The summed E-state index contributed by atoms with van der Waals surface area (Å²) in [4.78, 5) is 22.5. The molecule has 0 bridgehead atoms. The minimum atomic E-state index is 0.0299. The van der Waals surface area contributed by atoms with Gasteiger partial charge < -0.3 is 15.1 Å². The Hall–Kier alpha value is -3.07. The molecule has 1 saturated heterocycles. The maximum atomic E-state index is 13.6. The number of fused-ring (bicyclic) bond motifs is 1. The van der Waals surface area contributed by atoms with E-state index < -0.39 is 0 Å². The van der Waals surface area contributed by atoms with Gasteiger partial charge in [-0.1, -0.05) is 35.9 Å². The monoisotopic (exact) mass is 548 g/mol. The predicted octanol–water partition coefficient (Wildman–Crippen LogP) is 5.56. The number of likely N-dealkylation sites (tertiary alicyclic amines) is 1. The lowest BCUT2D eigenvalue weighted by molar-refractivity contribution is 0.0727. The molecule has 2 aromatic carbocycles. The molecule has 198 valence electrons. The summed E-state index contributed by atoms with van der Waals surface area (Å²) in [6.07, 6.45) is 6.39. The number of anilines is 1. The Morgan fingerprint density at radius 2 is 1.82 bits per heavy atom. The first-order valence-electron chi connectivity index (χ1n) is 13.0. The number of aromatic nitrogens is 3. The lowest BCUT2D eigenvalue weighted by Crippen LogP contribution is -2.37. The van der Waals surface area contributed by atoms with Crippen LogP contribution in [-0.2, 0) is 6.54 Å². The molecule has 9 heteroatoms. The zero-order valence-corrected chi connectivity index (χ0v) is 23.2. The molecule has 0 aliphatic carbocycles. The van der Waals surface area contributed by atoms with Gasteiger partial charge in [0.25, 0.3) is 5.91 Å². The number of rotatable bonds is 11. The van der Waals surface area contributed by atoms with Crippen molar-refractivity contribution in [2.45, 2.75) is 19.4 Å². The van der Waals surface area contributed by atoms with E-state index in [0.29, 0.717) is 23.7 Å². The molecule has 1 aliphatic heterocycles. The minimum Gasteiger partial charge on any atom is -0.368 e. The number of amides is 1. The Balaban J connectivity index is 1.34. The van der Waals surface area contributed by atoms with Crippen molar-refractivity contribution in [1.82, 2.24) is 24.4 Å². The molecule has 0 unspecified atom stereocenters. The Morgan fingerprint density at radius 1 is 1.05 bits per heavy atom. The molecule has 0 spiro atoms. The van der Waals surface area contributed by atoms with Crippen LogP contribution in [0.4, 0.5) is 5.82 Å². The summed E-state index contributed by atoms with van der Waals surface area (Å²) >= 11 is 7.88. The lowest BCUT2D eigenvalue weighted by Gasteiger charge is -2.26. The number of halogens is 1. The fourth-order valence-corrected chi connectivity index (χ4v) is 5.17. The van der Waals surface area contributed by atoms with Crippen molar-refractivity contribution in [3.8, 4) is 11.3 Å². The Kier molecular flexibility index (Phi) is 8.83. The summed E-state index contributed by atoms with van der Waals surface area (Å²) in [5.41, 5.74) is 4.38. The van der Waals surface area contributed by atoms with E-state index in [-0.39, 0.29) is 5.91 Å². The summed E-state index contributed by atoms with van der Waals surface area (Å²) in [6, 6.07) is 19.4. The van der Waals surface area contributed by atoms with Crippen molar-refractivity contribution in [2.24, 2.45) is 0 Å². The molecule has 2 aromatic heterocycles. The van der Waals surface area contributed by atoms with E-state index in [2.05, 4.69) is 21.5 Å². The van der Waals surface area contributed by atoms with Gasteiger partial charge in [0.2, 0.25) is 0 Å². The second-order valence-corrected chi connectivity index (χ2v) is 11.0. The van der Waals surface area contributed by atoms with Crippen molar-refractivity contribution in [3.05, 3.63) is 83.0 Å². The van der Waals surface area contributed by atoms with E-state index >= 15 is 0 Å². The van der Waals surface area contributed by atoms with E-state index in [4.69, 9.17) is 16.7 Å². The van der Waals surface area contributed by atoms with Gasteiger partial charge in [0.1, 0.15) is 5.82 Å². The first-order chi connectivity index (χ1) is 18.6. The van der Waals surface area contributed by atoms with Crippen molar-refractivity contribution in [3.63, 3.8) is 0 Å². The van der Waals surface area contributed by atoms with Crippen LogP contribution in [0.1, 0.15) is 28.8 Å². The second-order valence-electron chi connectivity index (χ2n) is 9.53. The summed E-state index contributed by atoms with van der Waals surface area (Å²) < 4.78 is 1.85. The summed E-state index contributed by atoms with van der Waals surface area (Å²) in [5, 5.41) is 8.78. The van der Waals surface area contributed by atoms with Crippen LogP contribution in [0.15, 0.2) is 66.9 Å². The predicted molar refractivity (Wildman–Crippen MR) is 157 cm³/mol. The van der Waals surface area contributed by atoms with Crippen LogP contribution >= 0.6 is 23.4 Å². The summed E-state index contributed by atoms with van der Waals surface area (Å²) in [7, 11) is 0. The number of hydrogen-bond acceptors (Lipinski definition) is 6. The SMILES string of the molecule is CSCCNc1ccc2ncc(-c3ccc(C(=O)N(CCN4CCCC4)Cc4ccc(Cl)cc4)cc3)n2n1. The fraction of sp³-hybridized carbons (Fsp3) is 0.345. The molecule has 7 nitrogen and oxygen atoms in total. The van der Waals surface area contributed by atoms with Crippen molar-refractivity contribution in [1.29, 1.82) is 0 Å². The van der Waals surface area contributed by atoms with Crippen molar-refractivity contribution < 1.29 is 4.79 Å². The highest BCUT2D eigenvalue weighted by atomic mass is 35.5. The number of carbonyl (C=O) groups is 1. The zero-order valence-electron chi connectivity index (χ0n) is 21.6. The smallest absolute Gasteiger partial charge is 0.254 e. The van der Waals surface area contributed by atoms with Gasteiger partial charge in [0.05, 0.1) is 11.9 Å². The van der Waals surface area contributed by atoms with Crippen molar-refractivity contribution >= 4 is 40.7 Å². The van der Waals surface area contributed by atoms with Gasteiger partial charge in [0.15, 0.2) is 5.65 Å². The maximum absolute atomic E-state index is 13.6. The van der Waals surface area contributed by atoms with E-state index in [1.54, 1.807) is 11.8 Å². The molecule has 0 saturated carbocycles. The number of thioether (sulfide) groups is 1. The second kappa shape index (κ2) is 12.7. The van der Waals surface area contributed by atoms with Crippen LogP contribution in [0.2, 0.25) is 5.02 Å². The summed E-state index contributed by atoms with van der Waals surface area (Å²) in [5.74, 6) is 1.86. The van der Waals surface area contributed by atoms with E-state index in [9.17, 15) is 4.79 Å². The lowest BCUT2D eigenvalue weighted by atomic mass is 10.1. The Morgan fingerprint density at radius 3 is 2.55 bits per heavy atom. The topological polar surface area (TPSA) is 65.8 Å². The van der Waals surface area contributed by atoms with Gasteiger partial charge in [-0.3, -0.25) is 4.79 Å². The quantitative estimate of drug-likeness (QED) is 0.247. The number of imidazole rings is 1. The number of hydrogen-bond donors (Lipinski definition) is 1. The van der Waals surface area contributed by atoms with Crippen LogP contribution in [0.3, 0.4) is 0 Å². The van der Waals surface area contributed by atoms with E-state index in [0.717, 1.165) is 60.2 Å². The fourth-order valence-electron chi connectivity index (χ4n) is 4.74. The highest BCUT2D eigenvalue weighted by Gasteiger charge is 2.19. The third kappa shape index (κ3) is 6.49. The van der Waals surface area contributed by atoms with Crippen LogP contribution in [0.5, 0.6) is 0 Å². The zero-order chi connectivity index (χ0) is 26.3. The molecule has 1 N–H and O–H groups in total. The molecule has 0 radical (unpaired) electrons. The third-order valence-corrected chi connectivity index (χ3v) is 7.73. The van der Waals surface area contributed by atoms with Crippen LogP contribution in [0.25, 0.3) is 16.9 Å². The van der Waals surface area contributed by atoms with Gasteiger partial charge in [0, 0.05) is 48.1 Å². The van der Waals surface area contributed by atoms with Crippen LogP contribution in [0, 0.1) is 0 Å². The standard InChI is InChI=1S/C29H33ClN6OS/c1-38-19-14-31-27-12-13-28-32-20-26(36(28)33-27)23-6-8-24(9-7-23)29(37)35(18-17-34-15-2-3-16-34)21-22-4-10-25(30)11-5-22/h4-13,20H,2-3,14-19,21H2,1H3,(H,31,33). The van der Waals surface area contributed by atoms with Gasteiger partial charge >= 0.3 is 0 Å². The molecular weight excluding hydrogens is 516 g/mol. The molecule has 5 rings (SSSR count). The first-order valence-corrected chi connectivity index (χ1v) is 14.8. The average Bonchev–Trinajstić information content (AvgIpc) is 3.62. The molecule has 1 fully saturated rings. The van der Waals surface area contributed by atoms with E-state index in [1.165, 1.54) is 12.8 Å². The van der Waals surface area contributed by atoms with E-state index in [1.807, 2.05) is 76.3 Å². The third-order valence-electron chi connectivity index (χ3n) is 6.86. The average molecular weight is 549 g/mol. The molecule has 3 heterocycles. The number of nitrogens with one attached hydrogen (secondary N) is 1. The Labute approximate surface area is 233 Å². The van der Waals surface area contributed by atoms with Gasteiger partial charge in [-0.2, -0.15) is 11.8 Å². The number of carbonyl (C=O) groups excluding carboxylic acids is 1. The Bertz CT molecular complexity index is 1350. The molecule has 1 aliphatic rings. The van der Waals surface area contributed by atoms with Crippen LogP contribution < -0.4 is 5.32 Å². The summed E-state index contributed by atoms with van der Waals surface area (Å²) in [6.45, 7) is 5.20. The number of nitrogens with zero attached hydrogens (tertiary/aromatic N) is 5. The van der Waals surface area contributed by atoms with Gasteiger partial charge in [-0.25, -0.2) is 9.50 Å². The number of benzene rings is 2. The first kappa shape index (κ1) is 26.5. The molecule has 0 atom stereocenters. The van der Waals surface area contributed by atoms with Gasteiger partial charge in [-0.05, 0) is 74.1 Å². The molecule has 1 amide bonds. The largest absolute Gasteiger partial charge is 0.368 e. The normalized spacial score (nSPS) is 13.7. The highest BCUT2D eigenvalue weighted by molar-refractivity contribution is 7.98. The van der Waals surface area contributed by atoms with Gasteiger partial charge in [-0.15, -0.1) is 5.10 Å². The minimum absolute atomic E-state index is 0.0299. The molecule has 38 heavy (non-hydrogen) atoms. The molecular formula is C29H33ClN6OS. The van der Waals surface area contributed by atoms with Crippen molar-refractivity contribution in [2.75, 3.05) is 50.0 Å². The van der Waals surface area contributed by atoms with Crippen LogP contribution in [-0.4, -0.2) is 75.0 Å².